The number of nitrogens with zero attached hydrogens (tertiary/aromatic N) is 2. The second-order valence-corrected chi connectivity index (χ2v) is 6.01. The minimum Gasteiger partial charge on any atom is -0.480 e. The Labute approximate surface area is 118 Å². The second-order valence-electron chi connectivity index (χ2n) is 4.93. The highest BCUT2D eigenvalue weighted by atomic mass is 32.2. The number of amides is 2. The molecule has 1 aromatic heterocycles. The number of aromatic amines is 1. The summed E-state index contributed by atoms with van der Waals surface area (Å²) in [6, 6.07) is -1.16. The number of aliphatic carboxylic acids is 1. The molecule has 20 heavy (non-hydrogen) atoms. The maximum atomic E-state index is 12.3. The maximum absolute atomic E-state index is 12.3. The van der Waals surface area contributed by atoms with E-state index in [0.717, 1.165) is 4.90 Å². The number of nitrogens with one attached hydrogen (secondary N) is 1. The number of likely N-dealkylation sites (tertiary alicyclic amines) is 1. The molecule has 0 radical (unpaired) electrons. The van der Waals surface area contributed by atoms with Crippen molar-refractivity contribution in [2.24, 2.45) is 11.8 Å². The van der Waals surface area contributed by atoms with Crippen LogP contribution in [0.15, 0.2) is 12.5 Å². The molecule has 8 heteroatoms. The predicted octanol–water partition coefficient (Wildman–Crippen LogP) is -0.247. The number of carbonyl (C=O) groups excluding carboxylic acids is 2. The minimum absolute atomic E-state index is 0.0550. The Balaban J connectivity index is 1.86. The van der Waals surface area contributed by atoms with Crippen LogP contribution < -0.4 is 0 Å². The SMILES string of the molecule is O=C(O)[C@H](Cc1cnc[nH]1)N1C(=O)C2CSCC2C1=O. The number of carboxylic acids is 1. The van der Waals surface area contributed by atoms with E-state index in [9.17, 15) is 19.5 Å². The van der Waals surface area contributed by atoms with E-state index in [1.54, 1.807) is 11.8 Å². The Morgan fingerprint density at radius 1 is 1.45 bits per heavy atom. The van der Waals surface area contributed by atoms with Gasteiger partial charge in [0.15, 0.2) is 0 Å². The lowest BCUT2D eigenvalue weighted by molar-refractivity contribution is -0.154. The second kappa shape index (κ2) is 4.93. The van der Waals surface area contributed by atoms with Crippen LogP contribution >= 0.6 is 11.8 Å². The highest BCUT2D eigenvalue weighted by Gasteiger charge is 2.53. The summed E-state index contributed by atoms with van der Waals surface area (Å²) in [6.45, 7) is 0. The summed E-state index contributed by atoms with van der Waals surface area (Å²) in [5.74, 6) is -1.38. The average Bonchev–Trinajstić information content (AvgIpc) is 3.10. The lowest BCUT2D eigenvalue weighted by Crippen LogP contribution is -2.47. The zero-order chi connectivity index (χ0) is 14.3. The number of H-pyrrole nitrogens is 1. The zero-order valence-corrected chi connectivity index (χ0v) is 11.3. The normalized spacial score (nSPS) is 26.9. The topological polar surface area (TPSA) is 103 Å². The molecule has 7 nitrogen and oxygen atoms in total. The van der Waals surface area contributed by atoms with E-state index in [2.05, 4.69) is 9.97 Å². The van der Waals surface area contributed by atoms with Gasteiger partial charge in [-0.1, -0.05) is 0 Å². The number of aromatic nitrogens is 2. The first-order valence-electron chi connectivity index (χ1n) is 6.24. The molecule has 0 aliphatic carbocycles. The molecule has 2 saturated heterocycles. The Morgan fingerprint density at radius 2 is 2.10 bits per heavy atom. The molecule has 2 amide bonds. The summed E-state index contributed by atoms with van der Waals surface area (Å²) < 4.78 is 0. The van der Waals surface area contributed by atoms with Crippen molar-refractivity contribution in [1.29, 1.82) is 0 Å². The fraction of sp³-hybridized carbons (Fsp3) is 0.500. The number of hydrogen-bond donors (Lipinski definition) is 2. The molecule has 106 valence electrons. The van der Waals surface area contributed by atoms with Gasteiger partial charge in [0.25, 0.3) is 0 Å². The summed E-state index contributed by atoms with van der Waals surface area (Å²) in [6.07, 6.45) is 2.99. The summed E-state index contributed by atoms with van der Waals surface area (Å²) >= 11 is 1.57. The third kappa shape index (κ3) is 2.00. The van der Waals surface area contributed by atoms with Gasteiger partial charge >= 0.3 is 5.97 Å². The number of imidazole rings is 1. The maximum Gasteiger partial charge on any atom is 0.327 e. The molecule has 0 aromatic carbocycles. The van der Waals surface area contributed by atoms with Crippen molar-refractivity contribution >= 4 is 29.5 Å². The van der Waals surface area contributed by atoms with Crippen molar-refractivity contribution in [3.63, 3.8) is 0 Å². The van der Waals surface area contributed by atoms with Crippen molar-refractivity contribution in [3.8, 4) is 0 Å². The third-order valence-corrected chi connectivity index (χ3v) is 4.94. The van der Waals surface area contributed by atoms with Gasteiger partial charge in [-0.15, -0.1) is 0 Å². The number of fused-ring (bicyclic) bond motifs is 1. The van der Waals surface area contributed by atoms with Crippen LogP contribution in [-0.4, -0.2) is 55.3 Å². The summed E-state index contributed by atoms with van der Waals surface area (Å²) in [5.41, 5.74) is 0.587. The van der Waals surface area contributed by atoms with Crippen LogP contribution in [0.5, 0.6) is 0 Å². The minimum atomic E-state index is -1.17. The third-order valence-electron chi connectivity index (χ3n) is 3.75. The number of thioether (sulfide) groups is 1. The van der Waals surface area contributed by atoms with Gasteiger partial charge in [0, 0.05) is 29.8 Å². The Bertz CT molecular complexity index is 537. The molecule has 2 aliphatic heterocycles. The van der Waals surface area contributed by atoms with E-state index in [0.29, 0.717) is 17.2 Å². The number of carboxylic acid groups (broad SMARTS) is 1. The molecule has 3 rings (SSSR count). The van der Waals surface area contributed by atoms with Gasteiger partial charge in [0.05, 0.1) is 18.2 Å². The van der Waals surface area contributed by atoms with E-state index in [1.807, 2.05) is 0 Å². The van der Waals surface area contributed by atoms with Gasteiger partial charge in [-0.25, -0.2) is 9.78 Å². The highest BCUT2D eigenvalue weighted by molar-refractivity contribution is 7.99. The smallest absolute Gasteiger partial charge is 0.327 e. The van der Waals surface area contributed by atoms with E-state index >= 15 is 0 Å². The van der Waals surface area contributed by atoms with Crippen LogP contribution in [0.25, 0.3) is 0 Å². The molecule has 2 aliphatic rings. The average molecular weight is 295 g/mol. The van der Waals surface area contributed by atoms with Crippen LogP contribution in [0.4, 0.5) is 0 Å². The fourth-order valence-electron chi connectivity index (χ4n) is 2.71. The van der Waals surface area contributed by atoms with Crippen molar-refractivity contribution in [2.75, 3.05) is 11.5 Å². The first-order valence-corrected chi connectivity index (χ1v) is 7.39. The number of carbonyl (C=O) groups is 3. The molecule has 2 unspecified atom stereocenters. The van der Waals surface area contributed by atoms with E-state index in [1.165, 1.54) is 12.5 Å². The number of imide groups is 1. The number of rotatable bonds is 4. The van der Waals surface area contributed by atoms with Gasteiger partial charge in [-0.05, 0) is 0 Å². The molecule has 2 fully saturated rings. The molecule has 0 spiro atoms. The predicted molar refractivity (Wildman–Crippen MR) is 69.9 cm³/mol. The molecule has 2 N–H and O–H groups in total. The summed E-state index contributed by atoms with van der Waals surface area (Å²) in [5, 5.41) is 9.35. The lowest BCUT2D eigenvalue weighted by Gasteiger charge is -2.23. The van der Waals surface area contributed by atoms with Gasteiger partial charge in [-0.2, -0.15) is 11.8 Å². The van der Waals surface area contributed by atoms with Crippen LogP contribution in [0.1, 0.15) is 5.69 Å². The molecule has 1 aromatic rings. The number of hydrogen-bond acceptors (Lipinski definition) is 5. The summed E-state index contributed by atoms with van der Waals surface area (Å²) in [7, 11) is 0. The van der Waals surface area contributed by atoms with Crippen LogP contribution in [0, 0.1) is 11.8 Å². The van der Waals surface area contributed by atoms with Gasteiger partial charge in [0.1, 0.15) is 6.04 Å². The van der Waals surface area contributed by atoms with E-state index in [4.69, 9.17) is 0 Å². The molecule has 3 heterocycles. The van der Waals surface area contributed by atoms with Crippen LogP contribution in [-0.2, 0) is 20.8 Å². The molecule has 0 bridgehead atoms. The monoisotopic (exact) mass is 295 g/mol. The molecule has 3 atom stereocenters. The van der Waals surface area contributed by atoms with Crippen molar-refractivity contribution in [1.82, 2.24) is 14.9 Å². The molecule has 0 saturated carbocycles. The van der Waals surface area contributed by atoms with E-state index < -0.39 is 12.0 Å². The van der Waals surface area contributed by atoms with Crippen molar-refractivity contribution in [2.45, 2.75) is 12.5 Å². The Kier molecular flexibility index (Phi) is 3.25. The van der Waals surface area contributed by atoms with Gasteiger partial charge < -0.3 is 10.1 Å². The first kappa shape index (κ1) is 13.2. The van der Waals surface area contributed by atoms with Gasteiger partial charge in [-0.3, -0.25) is 14.5 Å². The molecular formula is C12H13N3O4S. The summed E-state index contributed by atoms with van der Waals surface area (Å²) in [4.78, 5) is 43.5. The van der Waals surface area contributed by atoms with Crippen LogP contribution in [0.2, 0.25) is 0 Å². The van der Waals surface area contributed by atoms with Crippen molar-refractivity contribution < 1.29 is 19.5 Å². The van der Waals surface area contributed by atoms with Crippen molar-refractivity contribution in [3.05, 3.63) is 18.2 Å². The lowest BCUT2D eigenvalue weighted by atomic mass is 10.00. The van der Waals surface area contributed by atoms with Gasteiger partial charge in [0.2, 0.25) is 11.8 Å². The Morgan fingerprint density at radius 3 is 2.60 bits per heavy atom. The zero-order valence-electron chi connectivity index (χ0n) is 10.5. The van der Waals surface area contributed by atoms with E-state index in [-0.39, 0.29) is 30.1 Å². The Hall–Kier alpha value is -1.83. The molecular weight excluding hydrogens is 282 g/mol. The fourth-order valence-corrected chi connectivity index (χ4v) is 4.10. The highest BCUT2D eigenvalue weighted by Crippen LogP contribution is 2.39. The quantitative estimate of drug-likeness (QED) is 0.743. The first-order chi connectivity index (χ1) is 9.59. The standard InChI is InChI=1S/C12H13N3O4S/c16-10-7-3-20-4-8(7)11(17)15(10)9(12(18)19)1-6-2-13-5-14-6/h2,5,7-9H,1,3-4H2,(H,13,14)(H,18,19)/t7?,8?,9-/m0/s1. The largest absolute Gasteiger partial charge is 0.480 e. The van der Waals surface area contributed by atoms with Crippen LogP contribution in [0.3, 0.4) is 0 Å².